The third kappa shape index (κ3) is 4.88. The van der Waals surface area contributed by atoms with E-state index in [9.17, 15) is 4.79 Å². The van der Waals surface area contributed by atoms with Crippen molar-refractivity contribution in [2.45, 2.75) is 38.3 Å². The molecule has 0 spiro atoms. The van der Waals surface area contributed by atoms with Crippen molar-refractivity contribution in [2.75, 3.05) is 6.61 Å². The molecule has 6 heteroatoms. The summed E-state index contributed by atoms with van der Waals surface area (Å²) in [6.45, 7) is 1.19. The fraction of sp³-hybridized carbons (Fsp3) is 0.389. The van der Waals surface area contributed by atoms with Crippen molar-refractivity contribution in [2.24, 2.45) is 0 Å². The summed E-state index contributed by atoms with van der Waals surface area (Å²) in [5.41, 5.74) is 0. The molecule has 0 N–H and O–H groups in total. The molecule has 1 aliphatic carbocycles. The molecule has 1 amide bonds. The molecule has 24 heavy (non-hydrogen) atoms. The zero-order valence-corrected chi connectivity index (χ0v) is 15.5. The van der Waals surface area contributed by atoms with Crippen molar-refractivity contribution in [3.05, 3.63) is 50.6 Å². The molecule has 1 aliphatic rings. The van der Waals surface area contributed by atoms with Gasteiger partial charge in [0, 0.05) is 22.4 Å². The monoisotopic (exact) mass is 383 g/mol. The van der Waals surface area contributed by atoms with E-state index in [-0.39, 0.29) is 5.91 Å². The molecule has 1 heterocycles. The molecule has 0 atom stereocenters. The largest absolute Gasteiger partial charge is 0.492 e. The normalized spacial score (nSPS) is 13.8. The molecule has 1 fully saturated rings. The lowest BCUT2D eigenvalue weighted by Gasteiger charge is -2.22. The number of thiophene rings is 1. The van der Waals surface area contributed by atoms with Gasteiger partial charge in [0.15, 0.2) is 0 Å². The molecule has 1 aromatic carbocycles. The van der Waals surface area contributed by atoms with Crippen LogP contribution in [0.4, 0.5) is 0 Å². The van der Waals surface area contributed by atoms with E-state index in [1.54, 1.807) is 29.5 Å². The number of hydrogen-bond acceptors (Lipinski definition) is 3. The molecule has 1 aromatic heterocycles. The van der Waals surface area contributed by atoms with Crippen LogP contribution in [0, 0.1) is 0 Å². The van der Waals surface area contributed by atoms with Crippen LogP contribution in [-0.4, -0.2) is 23.5 Å². The van der Waals surface area contributed by atoms with Crippen LogP contribution in [0.25, 0.3) is 0 Å². The van der Waals surface area contributed by atoms with Crippen LogP contribution in [0.1, 0.15) is 30.6 Å². The van der Waals surface area contributed by atoms with Crippen LogP contribution in [0.2, 0.25) is 10.0 Å². The van der Waals surface area contributed by atoms with Crippen molar-refractivity contribution >= 4 is 40.4 Å². The molecule has 128 valence electrons. The van der Waals surface area contributed by atoms with Gasteiger partial charge in [0.1, 0.15) is 5.75 Å². The van der Waals surface area contributed by atoms with Crippen molar-refractivity contribution in [1.29, 1.82) is 0 Å². The molecule has 2 aromatic rings. The fourth-order valence-electron chi connectivity index (χ4n) is 2.52. The highest BCUT2D eigenvalue weighted by atomic mass is 35.5. The first kappa shape index (κ1) is 17.6. The van der Waals surface area contributed by atoms with E-state index < -0.39 is 0 Å². The SMILES string of the molecule is O=C(CCCOc1ccc(Cl)cc1Cl)N(Cc1cccs1)C1CC1. The minimum atomic E-state index is 0.205. The van der Waals surface area contributed by atoms with Crippen molar-refractivity contribution in [3.8, 4) is 5.75 Å². The third-order valence-electron chi connectivity index (χ3n) is 3.90. The highest BCUT2D eigenvalue weighted by Crippen LogP contribution is 2.30. The zero-order valence-electron chi connectivity index (χ0n) is 13.2. The fourth-order valence-corrected chi connectivity index (χ4v) is 3.68. The molecule has 1 saturated carbocycles. The number of halogens is 2. The third-order valence-corrected chi connectivity index (χ3v) is 5.29. The van der Waals surface area contributed by atoms with Crippen LogP contribution in [-0.2, 0) is 11.3 Å². The Balaban J connectivity index is 1.45. The average Bonchev–Trinajstić information content (AvgIpc) is 3.26. The first-order valence-electron chi connectivity index (χ1n) is 8.03. The van der Waals surface area contributed by atoms with E-state index in [0.29, 0.717) is 41.3 Å². The predicted octanol–water partition coefficient (Wildman–Crippen LogP) is 5.41. The van der Waals surface area contributed by atoms with Crippen LogP contribution < -0.4 is 4.74 Å². The maximum Gasteiger partial charge on any atom is 0.223 e. The lowest BCUT2D eigenvalue weighted by Crippen LogP contribution is -2.32. The Labute approximate surface area is 156 Å². The molecule has 3 rings (SSSR count). The number of amides is 1. The second-order valence-corrected chi connectivity index (χ2v) is 7.73. The Kier molecular flexibility index (Phi) is 6.04. The maximum atomic E-state index is 12.5. The summed E-state index contributed by atoms with van der Waals surface area (Å²) in [5.74, 6) is 0.808. The summed E-state index contributed by atoms with van der Waals surface area (Å²) < 4.78 is 5.64. The first-order chi connectivity index (χ1) is 11.6. The molecular formula is C18H19Cl2NO2S. The minimum Gasteiger partial charge on any atom is -0.492 e. The van der Waals surface area contributed by atoms with Crippen LogP contribution in [0.5, 0.6) is 5.75 Å². The Morgan fingerprint density at radius 1 is 1.29 bits per heavy atom. The number of rotatable bonds is 8. The van der Waals surface area contributed by atoms with Crippen molar-refractivity contribution < 1.29 is 9.53 Å². The van der Waals surface area contributed by atoms with Gasteiger partial charge in [-0.2, -0.15) is 0 Å². The van der Waals surface area contributed by atoms with Gasteiger partial charge < -0.3 is 9.64 Å². The van der Waals surface area contributed by atoms with E-state index in [1.165, 1.54) is 4.88 Å². The molecule has 0 aliphatic heterocycles. The lowest BCUT2D eigenvalue weighted by molar-refractivity contribution is -0.132. The Bertz CT molecular complexity index is 686. The van der Waals surface area contributed by atoms with E-state index in [4.69, 9.17) is 27.9 Å². The average molecular weight is 384 g/mol. The van der Waals surface area contributed by atoms with Gasteiger partial charge in [0.2, 0.25) is 5.91 Å². The number of carbonyl (C=O) groups excluding carboxylic acids is 1. The van der Waals surface area contributed by atoms with Gasteiger partial charge in [0.05, 0.1) is 18.2 Å². The van der Waals surface area contributed by atoms with Gasteiger partial charge in [-0.15, -0.1) is 11.3 Å². The Hall–Kier alpha value is -1.23. The van der Waals surface area contributed by atoms with Gasteiger partial charge in [-0.1, -0.05) is 29.3 Å². The lowest BCUT2D eigenvalue weighted by atomic mass is 10.2. The van der Waals surface area contributed by atoms with Gasteiger partial charge in [-0.25, -0.2) is 0 Å². The number of nitrogens with zero attached hydrogens (tertiary/aromatic N) is 1. The van der Waals surface area contributed by atoms with Gasteiger partial charge in [0.25, 0.3) is 0 Å². The van der Waals surface area contributed by atoms with E-state index in [0.717, 1.165) is 19.4 Å². The topological polar surface area (TPSA) is 29.5 Å². The van der Waals surface area contributed by atoms with E-state index >= 15 is 0 Å². The first-order valence-corrected chi connectivity index (χ1v) is 9.67. The summed E-state index contributed by atoms with van der Waals surface area (Å²) in [7, 11) is 0. The molecule has 3 nitrogen and oxygen atoms in total. The second kappa shape index (κ2) is 8.24. The van der Waals surface area contributed by atoms with E-state index in [2.05, 4.69) is 11.4 Å². The summed E-state index contributed by atoms with van der Waals surface area (Å²) in [6.07, 6.45) is 3.40. The van der Waals surface area contributed by atoms with Crippen molar-refractivity contribution in [1.82, 2.24) is 4.90 Å². The highest BCUT2D eigenvalue weighted by molar-refractivity contribution is 7.09. The minimum absolute atomic E-state index is 0.205. The standard InChI is InChI=1S/C18H19Cl2NO2S/c19-13-5-8-17(16(20)11-13)23-9-1-4-18(22)21(14-6-7-14)12-15-3-2-10-24-15/h2-3,5,8,10-11,14H,1,4,6-7,9,12H2. The Morgan fingerprint density at radius 2 is 2.12 bits per heavy atom. The van der Waals surface area contributed by atoms with Crippen LogP contribution >= 0.6 is 34.5 Å². The Morgan fingerprint density at radius 3 is 2.79 bits per heavy atom. The zero-order chi connectivity index (χ0) is 16.9. The quantitative estimate of drug-likeness (QED) is 0.570. The second-order valence-electron chi connectivity index (χ2n) is 5.86. The molecule has 0 radical (unpaired) electrons. The highest BCUT2D eigenvalue weighted by Gasteiger charge is 2.32. The molecular weight excluding hydrogens is 365 g/mol. The summed E-state index contributed by atoms with van der Waals surface area (Å²) in [4.78, 5) is 15.8. The van der Waals surface area contributed by atoms with Gasteiger partial charge >= 0.3 is 0 Å². The van der Waals surface area contributed by atoms with Gasteiger partial charge in [-0.05, 0) is 48.9 Å². The number of ether oxygens (including phenoxy) is 1. The van der Waals surface area contributed by atoms with Crippen LogP contribution in [0.3, 0.4) is 0 Å². The maximum absolute atomic E-state index is 12.5. The van der Waals surface area contributed by atoms with Crippen LogP contribution in [0.15, 0.2) is 35.7 Å². The number of hydrogen-bond donors (Lipinski definition) is 0. The number of carbonyl (C=O) groups is 1. The summed E-state index contributed by atoms with van der Waals surface area (Å²) >= 11 is 13.6. The predicted molar refractivity (Wildman–Crippen MR) is 99.1 cm³/mol. The summed E-state index contributed by atoms with van der Waals surface area (Å²) in [6, 6.07) is 9.67. The molecule has 0 bridgehead atoms. The summed E-state index contributed by atoms with van der Waals surface area (Å²) in [5, 5.41) is 3.12. The number of benzene rings is 1. The van der Waals surface area contributed by atoms with Crippen molar-refractivity contribution in [3.63, 3.8) is 0 Å². The van der Waals surface area contributed by atoms with E-state index in [1.807, 2.05) is 11.0 Å². The molecule has 0 unspecified atom stereocenters. The smallest absolute Gasteiger partial charge is 0.223 e. The molecule has 0 saturated heterocycles. The van der Waals surface area contributed by atoms with Gasteiger partial charge in [-0.3, -0.25) is 4.79 Å².